The molecule has 0 aromatic heterocycles. The Morgan fingerprint density at radius 2 is 0.559 bits per heavy atom. The second kappa shape index (κ2) is 7.65. The van der Waals surface area contributed by atoms with Crippen molar-refractivity contribution in [3.05, 3.63) is 0 Å². The fourth-order valence-corrected chi connectivity index (χ4v) is 4.55. The lowest BCUT2D eigenvalue weighted by Crippen LogP contribution is -2.66. The maximum absolute atomic E-state index is 13.3. The first-order valence-electron chi connectivity index (χ1n) is 6.59. The maximum atomic E-state index is 13.3. The van der Waals surface area contributed by atoms with Gasteiger partial charge in [0.1, 0.15) is 0 Å². The van der Waals surface area contributed by atoms with Gasteiger partial charge in [0.25, 0.3) is 19.7 Å². The Labute approximate surface area is 172 Å². The molecule has 0 saturated heterocycles. The van der Waals surface area contributed by atoms with Crippen molar-refractivity contribution in [1.29, 1.82) is 0 Å². The van der Waals surface area contributed by atoms with Crippen LogP contribution in [0.4, 0.5) is 83.8 Å². The van der Waals surface area contributed by atoms with Gasteiger partial charge in [0, 0.05) is 0 Å². The van der Waals surface area contributed by atoms with Gasteiger partial charge in [0.05, 0.1) is 0 Å². The molecule has 5 nitrogen and oxygen atoms in total. The van der Waals surface area contributed by atoms with Gasteiger partial charge in [-0.1, -0.05) is 0 Å². The second-order valence-electron chi connectivity index (χ2n) is 5.58. The van der Waals surface area contributed by atoms with Gasteiger partial charge < -0.3 is 0 Å². The molecule has 0 aromatic carbocycles. The van der Waals surface area contributed by atoms with Crippen LogP contribution in [0.3, 0.4) is 0 Å². The first kappa shape index (κ1) is 32.3. The average molecular weight is 594 g/mol. The molecule has 25 heteroatoms. The Bertz CT molecular complexity index is 949. The summed E-state index contributed by atoms with van der Waals surface area (Å²) in [5.74, 6) is -33.5. The van der Waals surface area contributed by atoms with Crippen LogP contribution in [-0.4, -0.2) is 67.8 Å². The predicted octanol–water partition coefficient (Wildman–Crippen LogP) is 4.79. The number of rotatable bonds is 6. The lowest BCUT2D eigenvalue weighted by Gasteiger charge is -2.34. The van der Waals surface area contributed by atoms with Crippen LogP contribution in [-0.2, 0) is 19.7 Å². The Kier molecular flexibility index (Phi) is 7.27. The van der Waals surface area contributed by atoms with E-state index in [1.807, 2.05) is 0 Å². The summed E-state index contributed by atoms with van der Waals surface area (Å²) in [5.41, 5.74) is 0. The lowest BCUT2D eigenvalue weighted by molar-refractivity contribution is -0.382. The molecule has 0 aromatic rings. The minimum Gasteiger partial charge on any atom is -0.263 e. The standard InChI is InChI=1S/C9F18O5S2/c10-2(11,6(18,19)20)4(14,15)8(24,25)33(29,30)1(28)34(31,32)9(26,27)5(16,17)3(12,13)7(21,22)23. The quantitative estimate of drug-likeness (QED) is 0.414. The van der Waals surface area contributed by atoms with Gasteiger partial charge in [-0.25, -0.2) is 16.8 Å². The molecule has 0 heterocycles. The molecule has 0 atom stereocenters. The third-order valence-corrected chi connectivity index (χ3v) is 7.40. The normalized spacial score (nSPS) is 16.5. The van der Waals surface area contributed by atoms with Crippen molar-refractivity contribution in [3.63, 3.8) is 0 Å². The van der Waals surface area contributed by atoms with E-state index in [0.29, 0.717) is 0 Å². The first-order valence-corrected chi connectivity index (χ1v) is 9.56. The summed E-state index contributed by atoms with van der Waals surface area (Å²) >= 11 is 0. The molecule has 34 heavy (non-hydrogen) atoms. The van der Waals surface area contributed by atoms with Gasteiger partial charge in [0.15, 0.2) is 0 Å². The summed E-state index contributed by atoms with van der Waals surface area (Å²) in [6.45, 7) is 0. The van der Waals surface area contributed by atoms with Gasteiger partial charge in [-0.15, -0.1) is 0 Å². The highest BCUT2D eigenvalue weighted by atomic mass is 32.3. The number of sulfone groups is 2. The molecular formula is C9F18O5S2. The SMILES string of the molecule is O=C(S(=O)(=O)C(F)(F)C(F)(F)C(F)(F)C(F)(F)F)S(=O)(=O)C(F)(F)C(F)(F)C(F)(F)C(F)(F)F. The monoisotopic (exact) mass is 594 g/mol. The summed E-state index contributed by atoms with van der Waals surface area (Å²) in [6.07, 6.45) is -15.7. The maximum Gasteiger partial charge on any atom is 0.460 e. The fraction of sp³-hybridized carbons (Fsp3) is 0.889. The highest BCUT2D eigenvalue weighted by Gasteiger charge is 2.89. The second-order valence-corrected chi connectivity index (χ2v) is 9.62. The average Bonchev–Trinajstić information content (AvgIpc) is 2.57. The van der Waals surface area contributed by atoms with Crippen LogP contribution in [0.1, 0.15) is 0 Å². The van der Waals surface area contributed by atoms with E-state index in [4.69, 9.17) is 0 Å². The molecule has 0 bridgehead atoms. The molecule has 0 aliphatic rings. The van der Waals surface area contributed by atoms with Crippen LogP contribution >= 0.6 is 0 Å². The zero-order valence-corrected chi connectivity index (χ0v) is 15.8. The van der Waals surface area contributed by atoms with Crippen molar-refractivity contribution >= 4 is 24.1 Å². The molecule has 0 fully saturated rings. The number of hydrogen-bond donors (Lipinski definition) is 0. The molecule has 0 amide bonds. The zero-order valence-electron chi connectivity index (χ0n) is 14.2. The van der Waals surface area contributed by atoms with E-state index in [-0.39, 0.29) is 0 Å². The summed E-state index contributed by atoms with van der Waals surface area (Å²) in [4.78, 5) is 11.0. The van der Waals surface area contributed by atoms with Gasteiger partial charge in [-0.2, -0.15) is 79.0 Å². The molecule has 0 unspecified atom stereocenters. The molecule has 0 aliphatic heterocycles. The molecule has 204 valence electrons. The topological polar surface area (TPSA) is 85.3 Å². The molecular weight excluding hydrogens is 594 g/mol. The predicted molar refractivity (Wildman–Crippen MR) is 65.0 cm³/mol. The van der Waals surface area contributed by atoms with E-state index in [1.165, 1.54) is 0 Å². The van der Waals surface area contributed by atoms with E-state index in [9.17, 15) is 101 Å². The van der Waals surface area contributed by atoms with Crippen LogP contribution in [0.25, 0.3) is 0 Å². The molecule has 0 saturated carbocycles. The number of carbonyl (C=O) groups is 1. The van der Waals surface area contributed by atoms with Crippen molar-refractivity contribution in [1.82, 2.24) is 0 Å². The van der Waals surface area contributed by atoms with Crippen molar-refractivity contribution in [2.75, 3.05) is 0 Å². The van der Waals surface area contributed by atoms with Crippen molar-refractivity contribution < 1.29 is 101 Å². The van der Waals surface area contributed by atoms with E-state index in [0.717, 1.165) is 0 Å². The van der Waals surface area contributed by atoms with Crippen molar-refractivity contribution in [3.8, 4) is 0 Å². The van der Waals surface area contributed by atoms with E-state index >= 15 is 0 Å². The van der Waals surface area contributed by atoms with Gasteiger partial charge >= 0.3 is 51.0 Å². The number of hydrogen-bond acceptors (Lipinski definition) is 5. The Hall–Kier alpha value is -1.69. The minimum absolute atomic E-state index is 5.54. The van der Waals surface area contributed by atoms with Crippen LogP contribution in [0.5, 0.6) is 0 Å². The molecule has 0 N–H and O–H groups in total. The van der Waals surface area contributed by atoms with Crippen LogP contribution in [0.2, 0.25) is 0 Å². The molecule has 0 rings (SSSR count). The number of carbonyl (C=O) groups excluding carboxylic acids is 1. The summed E-state index contributed by atoms with van der Waals surface area (Å²) < 4.78 is 266. The lowest BCUT2D eigenvalue weighted by atomic mass is 10.1. The first-order chi connectivity index (χ1) is 14.2. The molecule has 0 spiro atoms. The third kappa shape index (κ3) is 3.84. The molecule has 0 aliphatic carbocycles. The van der Waals surface area contributed by atoms with Crippen LogP contribution in [0.15, 0.2) is 0 Å². The van der Waals surface area contributed by atoms with Gasteiger partial charge in [0.2, 0.25) is 0 Å². The van der Waals surface area contributed by atoms with Crippen molar-refractivity contribution in [2.24, 2.45) is 0 Å². The Morgan fingerprint density at radius 3 is 0.706 bits per heavy atom. The van der Waals surface area contributed by atoms with Crippen LogP contribution in [0, 0.1) is 0 Å². The minimum atomic E-state index is -9.15. The van der Waals surface area contributed by atoms with Crippen molar-refractivity contribution in [2.45, 2.75) is 46.6 Å². The number of alkyl halides is 18. The van der Waals surface area contributed by atoms with E-state index in [1.54, 1.807) is 0 Å². The van der Waals surface area contributed by atoms with Crippen LogP contribution < -0.4 is 0 Å². The summed E-state index contributed by atoms with van der Waals surface area (Å²) in [6, 6.07) is 0. The van der Waals surface area contributed by atoms with Gasteiger partial charge in [-0.3, -0.25) is 4.79 Å². The molecule has 0 radical (unpaired) electrons. The van der Waals surface area contributed by atoms with E-state index in [2.05, 4.69) is 0 Å². The largest absolute Gasteiger partial charge is 0.460 e. The fourth-order valence-electron chi connectivity index (χ4n) is 1.41. The Balaban J connectivity index is 7.05. The van der Waals surface area contributed by atoms with E-state index < -0.39 is 70.7 Å². The highest BCUT2D eigenvalue weighted by Crippen LogP contribution is 2.58. The van der Waals surface area contributed by atoms with Gasteiger partial charge in [-0.05, 0) is 0 Å². The third-order valence-electron chi connectivity index (χ3n) is 3.35. The summed E-state index contributed by atoms with van der Waals surface area (Å²) in [7, 11) is -18.3. The summed E-state index contributed by atoms with van der Waals surface area (Å²) in [5, 5.41) is -16.9. The number of halogens is 18. The Morgan fingerprint density at radius 1 is 0.382 bits per heavy atom. The highest BCUT2D eigenvalue weighted by molar-refractivity contribution is 8.31. The zero-order chi connectivity index (χ0) is 28.6. The smallest absolute Gasteiger partial charge is 0.263 e.